The lowest BCUT2D eigenvalue weighted by Crippen LogP contribution is -2.39. The summed E-state index contributed by atoms with van der Waals surface area (Å²) in [5.41, 5.74) is 1.46. The van der Waals surface area contributed by atoms with Crippen LogP contribution in [-0.4, -0.2) is 33.9 Å². The van der Waals surface area contributed by atoms with Gasteiger partial charge in [0, 0.05) is 17.6 Å². The Kier molecular flexibility index (Phi) is 6.33. The molecule has 6 heteroatoms. The molecule has 0 atom stereocenters. The van der Waals surface area contributed by atoms with Crippen molar-refractivity contribution in [2.24, 2.45) is 0 Å². The summed E-state index contributed by atoms with van der Waals surface area (Å²) < 4.78 is 15.7. The summed E-state index contributed by atoms with van der Waals surface area (Å²) in [5, 5.41) is 5.72. The lowest BCUT2D eigenvalue weighted by Gasteiger charge is -2.26. The van der Waals surface area contributed by atoms with Crippen LogP contribution in [0.15, 0.2) is 42.5 Å². The number of carbonyl (C=O) groups is 1. The number of methoxy groups -OCH3 is 3. The molecule has 2 rings (SSSR count). The van der Waals surface area contributed by atoms with Crippen molar-refractivity contribution >= 4 is 11.7 Å². The number of carbonyl (C=O) groups excluding carboxylic acids is 1. The van der Waals surface area contributed by atoms with Crippen LogP contribution in [-0.2, 0) is 5.41 Å². The van der Waals surface area contributed by atoms with Gasteiger partial charge in [-0.3, -0.25) is 0 Å². The van der Waals surface area contributed by atoms with E-state index in [0.717, 1.165) is 11.3 Å². The van der Waals surface area contributed by atoms with E-state index in [1.165, 1.54) is 0 Å². The molecule has 0 bridgehead atoms. The van der Waals surface area contributed by atoms with E-state index in [2.05, 4.69) is 24.5 Å². The Morgan fingerprint density at radius 1 is 0.923 bits per heavy atom. The first-order valence-corrected chi connectivity index (χ1v) is 8.31. The highest BCUT2D eigenvalue weighted by Crippen LogP contribution is 2.32. The van der Waals surface area contributed by atoms with E-state index in [1.807, 2.05) is 18.2 Å². The molecular formula is C20H26N2O4. The fraction of sp³-hybridized carbons (Fsp3) is 0.350. The highest BCUT2D eigenvalue weighted by atomic mass is 16.5. The molecule has 0 fully saturated rings. The molecule has 0 saturated heterocycles. The minimum Gasteiger partial charge on any atom is -0.497 e. The van der Waals surface area contributed by atoms with Crippen molar-refractivity contribution in [1.29, 1.82) is 0 Å². The van der Waals surface area contributed by atoms with E-state index < -0.39 is 0 Å². The number of ether oxygens (including phenoxy) is 3. The van der Waals surface area contributed by atoms with Gasteiger partial charge in [0.1, 0.15) is 5.75 Å². The van der Waals surface area contributed by atoms with Gasteiger partial charge in [-0.15, -0.1) is 0 Å². The molecule has 0 radical (unpaired) electrons. The van der Waals surface area contributed by atoms with E-state index in [0.29, 0.717) is 23.7 Å². The first-order valence-electron chi connectivity index (χ1n) is 8.31. The number of hydrogen-bond donors (Lipinski definition) is 2. The van der Waals surface area contributed by atoms with Crippen LogP contribution in [0.2, 0.25) is 0 Å². The molecule has 2 aromatic rings. The Morgan fingerprint density at radius 3 is 2.15 bits per heavy atom. The third kappa shape index (κ3) is 4.81. The predicted octanol–water partition coefficient (Wildman–Crippen LogP) is 3.81. The summed E-state index contributed by atoms with van der Waals surface area (Å²) in [5.74, 6) is 2.09. The maximum absolute atomic E-state index is 12.2. The monoisotopic (exact) mass is 358 g/mol. The van der Waals surface area contributed by atoms with E-state index in [9.17, 15) is 4.79 Å². The van der Waals surface area contributed by atoms with Gasteiger partial charge >= 0.3 is 6.03 Å². The maximum Gasteiger partial charge on any atom is 0.319 e. The van der Waals surface area contributed by atoms with Crippen molar-refractivity contribution in [3.63, 3.8) is 0 Å². The molecule has 0 heterocycles. The Bertz CT molecular complexity index is 742. The van der Waals surface area contributed by atoms with Crippen LogP contribution in [0.1, 0.15) is 19.4 Å². The molecule has 0 aliphatic heterocycles. The summed E-state index contributed by atoms with van der Waals surface area (Å²) in [6.45, 7) is 4.58. The smallest absolute Gasteiger partial charge is 0.319 e. The Labute approximate surface area is 154 Å². The van der Waals surface area contributed by atoms with Gasteiger partial charge in [0.05, 0.1) is 21.3 Å². The van der Waals surface area contributed by atoms with E-state index in [4.69, 9.17) is 14.2 Å². The molecule has 2 aromatic carbocycles. The highest BCUT2D eigenvalue weighted by molar-refractivity contribution is 5.89. The van der Waals surface area contributed by atoms with Crippen LogP contribution in [0.3, 0.4) is 0 Å². The molecule has 2 N–H and O–H groups in total. The van der Waals surface area contributed by atoms with Crippen molar-refractivity contribution in [3.8, 4) is 17.2 Å². The molecule has 0 aliphatic rings. The predicted molar refractivity (Wildman–Crippen MR) is 103 cm³/mol. The lowest BCUT2D eigenvalue weighted by atomic mass is 9.84. The van der Waals surface area contributed by atoms with Gasteiger partial charge in [0.25, 0.3) is 0 Å². The number of nitrogens with one attached hydrogen (secondary N) is 2. The van der Waals surface area contributed by atoms with Crippen LogP contribution in [0.5, 0.6) is 17.2 Å². The third-order valence-corrected chi connectivity index (χ3v) is 4.20. The quantitative estimate of drug-likeness (QED) is 0.790. The van der Waals surface area contributed by atoms with E-state index in [1.54, 1.807) is 45.6 Å². The topological polar surface area (TPSA) is 68.8 Å². The summed E-state index contributed by atoms with van der Waals surface area (Å²) in [6.07, 6.45) is 0. The Morgan fingerprint density at radius 2 is 1.58 bits per heavy atom. The van der Waals surface area contributed by atoms with Crippen LogP contribution in [0.4, 0.5) is 10.5 Å². The molecular weight excluding hydrogens is 332 g/mol. The van der Waals surface area contributed by atoms with E-state index in [-0.39, 0.29) is 11.4 Å². The van der Waals surface area contributed by atoms with Crippen molar-refractivity contribution in [3.05, 3.63) is 48.0 Å². The first kappa shape index (κ1) is 19.4. The average Bonchev–Trinajstić information content (AvgIpc) is 2.66. The minimum atomic E-state index is -0.281. The molecule has 0 saturated carbocycles. The fourth-order valence-electron chi connectivity index (χ4n) is 2.51. The summed E-state index contributed by atoms with van der Waals surface area (Å²) in [6, 6.07) is 12.7. The molecule has 2 amide bonds. The van der Waals surface area contributed by atoms with Crippen molar-refractivity contribution in [2.45, 2.75) is 19.3 Å². The van der Waals surface area contributed by atoms with Gasteiger partial charge in [-0.05, 0) is 42.0 Å². The van der Waals surface area contributed by atoms with Gasteiger partial charge in [-0.25, -0.2) is 4.79 Å². The van der Waals surface area contributed by atoms with Crippen molar-refractivity contribution < 1.29 is 19.0 Å². The number of benzene rings is 2. The number of rotatable bonds is 7. The SMILES string of the molecule is COc1ccc(NC(=O)NCC(C)(C)c2ccc(OC)c(OC)c2)cc1. The van der Waals surface area contributed by atoms with Crippen molar-refractivity contribution in [2.75, 3.05) is 33.2 Å². The van der Waals surface area contributed by atoms with Gasteiger partial charge in [0.15, 0.2) is 11.5 Å². The molecule has 140 valence electrons. The number of urea groups is 1. The van der Waals surface area contributed by atoms with Crippen LogP contribution in [0, 0.1) is 0 Å². The minimum absolute atomic E-state index is 0.260. The van der Waals surface area contributed by atoms with Crippen molar-refractivity contribution in [1.82, 2.24) is 5.32 Å². The second kappa shape index (κ2) is 8.47. The zero-order valence-electron chi connectivity index (χ0n) is 15.9. The molecule has 0 unspecified atom stereocenters. The zero-order valence-corrected chi connectivity index (χ0v) is 15.9. The Balaban J connectivity index is 1.99. The largest absolute Gasteiger partial charge is 0.497 e. The number of anilines is 1. The fourth-order valence-corrected chi connectivity index (χ4v) is 2.51. The summed E-state index contributed by atoms with van der Waals surface area (Å²) in [7, 11) is 4.81. The van der Waals surface area contributed by atoms with Crippen LogP contribution >= 0.6 is 0 Å². The second-order valence-electron chi connectivity index (χ2n) is 6.49. The molecule has 6 nitrogen and oxygen atoms in total. The number of hydrogen-bond acceptors (Lipinski definition) is 4. The second-order valence-corrected chi connectivity index (χ2v) is 6.49. The highest BCUT2D eigenvalue weighted by Gasteiger charge is 2.23. The van der Waals surface area contributed by atoms with Crippen LogP contribution in [0.25, 0.3) is 0 Å². The zero-order chi connectivity index (χ0) is 19.2. The van der Waals surface area contributed by atoms with Gasteiger partial charge in [-0.2, -0.15) is 0 Å². The molecule has 0 aliphatic carbocycles. The molecule has 26 heavy (non-hydrogen) atoms. The Hall–Kier alpha value is -2.89. The average molecular weight is 358 g/mol. The lowest BCUT2D eigenvalue weighted by molar-refractivity contribution is 0.249. The summed E-state index contributed by atoms with van der Waals surface area (Å²) in [4.78, 5) is 12.2. The molecule has 0 spiro atoms. The van der Waals surface area contributed by atoms with Gasteiger partial charge < -0.3 is 24.8 Å². The van der Waals surface area contributed by atoms with Gasteiger partial charge in [0.2, 0.25) is 0 Å². The third-order valence-electron chi connectivity index (χ3n) is 4.20. The van der Waals surface area contributed by atoms with E-state index >= 15 is 0 Å². The molecule has 0 aromatic heterocycles. The van der Waals surface area contributed by atoms with Gasteiger partial charge in [-0.1, -0.05) is 19.9 Å². The van der Waals surface area contributed by atoms with Crippen LogP contribution < -0.4 is 24.8 Å². The normalized spacial score (nSPS) is 10.8. The standard InChI is InChI=1S/C20H26N2O4/c1-20(2,14-6-11-17(25-4)18(12-14)26-5)13-21-19(23)22-15-7-9-16(24-3)10-8-15/h6-12H,13H2,1-5H3,(H2,21,22,23). The maximum atomic E-state index is 12.2. The summed E-state index contributed by atoms with van der Waals surface area (Å²) >= 11 is 0. The number of amides is 2. The first-order chi connectivity index (χ1) is 12.4.